The smallest absolute Gasteiger partial charge is 0.319 e. The maximum Gasteiger partial charge on any atom is 0.319 e. The molecule has 0 bridgehead atoms. The molecule has 256 valence electrons. The third-order valence-electron chi connectivity index (χ3n) is 10.6. The Bertz CT molecular complexity index is 1890. The maximum atomic E-state index is 17.3. The number of benzene rings is 2. The number of aliphatic hydroxyl groups excluding tert-OH is 1. The van der Waals surface area contributed by atoms with Gasteiger partial charge in [-0.2, -0.15) is 9.97 Å². The zero-order chi connectivity index (χ0) is 33.3. The van der Waals surface area contributed by atoms with Crippen molar-refractivity contribution in [1.29, 1.82) is 0 Å². The largest absolute Gasteiger partial charge is 0.489 e. The van der Waals surface area contributed by atoms with Crippen molar-refractivity contribution in [2.24, 2.45) is 5.92 Å². The highest BCUT2D eigenvalue weighted by Crippen LogP contribution is 2.49. The highest BCUT2D eigenvalue weighted by Gasteiger charge is 2.49. The van der Waals surface area contributed by atoms with Gasteiger partial charge in [-0.25, -0.2) is 13.2 Å². The van der Waals surface area contributed by atoms with Crippen LogP contribution in [0.5, 0.6) is 11.8 Å². The Morgan fingerprint density at radius 3 is 2.88 bits per heavy atom. The van der Waals surface area contributed by atoms with Gasteiger partial charge in [-0.15, -0.1) is 11.3 Å². The molecule has 0 radical (unpaired) electrons. The molecule has 2 aromatic carbocycles. The lowest BCUT2D eigenvalue weighted by atomic mass is 9.95. The molecule has 4 aromatic rings. The first kappa shape index (κ1) is 32.5. The van der Waals surface area contributed by atoms with Crippen LogP contribution in [0.25, 0.3) is 32.1 Å². The van der Waals surface area contributed by atoms with Crippen LogP contribution in [0, 0.1) is 21.1 Å². The van der Waals surface area contributed by atoms with Crippen LogP contribution in [0.4, 0.5) is 24.0 Å². The normalized spacial score (nSPS) is 25.4. The summed E-state index contributed by atoms with van der Waals surface area (Å²) in [6, 6.07) is 4.04. The highest BCUT2D eigenvalue weighted by molar-refractivity contribution is 14.1. The summed E-state index contributed by atoms with van der Waals surface area (Å²) in [6.07, 6.45) is 2.31. The molecule has 4 atom stereocenters. The van der Waals surface area contributed by atoms with Gasteiger partial charge in [-0.05, 0) is 98.4 Å². The third-order valence-corrected chi connectivity index (χ3v) is 12.6. The lowest BCUT2D eigenvalue weighted by Crippen LogP contribution is -2.49. The first-order valence-electron chi connectivity index (χ1n) is 16.6. The van der Waals surface area contributed by atoms with E-state index in [-0.39, 0.29) is 30.3 Å². The minimum atomic E-state index is -0.927. The number of anilines is 2. The van der Waals surface area contributed by atoms with Crippen molar-refractivity contribution >= 4 is 65.7 Å². The predicted molar refractivity (Wildman–Crippen MR) is 190 cm³/mol. The van der Waals surface area contributed by atoms with E-state index in [1.165, 1.54) is 6.07 Å². The van der Waals surface area contributed by atoms with Crippen LogP contribution in [0.1, 0.15) is 39.0 Å². The summed E-state index contributed by atoms with van der Waals surface area (Å²) < 4.78 is 60.4. The van der Waals surface area contributed by atoms with E-state index in [4.69, 9.17) is 25.2 Å². The Hall–Kier alpha value is -2.66. The zero-order valence-corrected chi connectivity index (χ0v) is 29.6. The molecular formula is C34H38F3IN6O3S. The Morgan fingerprint density at radius 2 is 2.08 bits per heavy atom. The maximum absolute atomic E-state index is 17.3. The molecule has 4 aliphatic rings. The molecule has 4 N–H and O–H groups in total. The summed E-state index contributed by atoms with van der Waals surface area (Å²) in [6.45, 7) is 5.59. The number of aliphatic hydroxyl groups is 1. The van der Waals surface area contributed by atoms with E-state index in [0.717, 1.165) is 56.7 Å². The molecular weight excluding hydrogens is 756 g/mol. The SMILES string of the molecule is CC(O)C1COc2c(I)c(-c3ccc(F)c4sc(N)cc34)c(F)c3nc(OC[C@@]45CCCN4C[C@H](F)C5)nc(c23)N1CC1CCNCC1. The molecule has 14 heteroatoms. The van der Waals surface area contributed by atoms with Crippen LogP contribution in [0.3, 0.4) is 0 Å². The van der Waals surface area contributed by atoms with Crippen molar-refractivity contribution in [3.63, 3.8) is 0 Å². The van der Waals surface area contributed by atoms with Crippen molar-refractivity contribution < 1.29 is 27.8 Å². The second kappa shape index (κ2) is 12.6. The van der Waals surface area contributed by atoms with Crippen molar-refractivity contribution in [1.82, 2.24) is 20.2 Å². The zero-order valence-electron chi connectivity index (χ0n) is 26.6. The number of nitrogens with zero attached hydrogens (tertiary/aromatic N) is 4. The number of hydrogen-bond acceptors (Lipinski definition) is 10. The number of nitrogens with one attached hydrogen (secondary N) is 1. The Morgan fingerprint density at radius 1 is 1.27 bits per heavy atom. The van der Waals surface area contributed by atoms with Gasteiger partial charge in [0.2, 0.25) is 0 Å². The number of ether oxygens (including phenoxy) is 2. The molecule has 4 aliphatic heterocycles. The summed E-state index contributed by atoms with van der Waals surface area (Å²) >= 11 is 3.20. The van der Waals surface area contributed by atoms with Crippen molar-refractivity contribution in [2.45, 2.75) is 62.9 Å². The summed E-state index contributed by atoms with van der Waals surface area (Å²) in [7, 11) is 0. The minimum Gasteiger partial charge on any atom is -0.489 e. The lowest BCUT2D eigenvalue weighted by Gasteiger charge is -2.37. The molecule has 0 saturated carbocycles. The van der Waals surface area contributed by atoms with Crippen LogP contribution in [-0.4, -0.2) is 89.8 Å². The number of halogens is 4. The number of nitrogens with two attached hydrogens (primary N) is 1. The van der Waals surface area contributed by atoms with Gasteiger partial charge in [0.05, 0.1) is 36.3 Å². The molecule has 0 aliphatic carbocycles. The van der Waals surface area contributed by atoms with Gasteiger partial charge in [0.1, 0.15) is 42.3 Å². The van der Waals surface area contributed by atoms with Crippen LogP contribution in [0.15, 0.2) is 18.2 Å². The average molecular weight is 795 g/mol. The van der Waals surface area contributed by atoms with Gasteiger partial charge in [0.25, 0.3) is 0 Å². The van der Waals surface area contributed by atoms with E-state index in [0.29, 0.717) is 66.6 Å². The number of piperidine rings is 1. The number of hydrogen-bond donors (Lipinski definition) is 3. The van der Waals surface area contributed by atoms with Crippen molar-refractivity contribution in [2.75, 3.05) is 56.6 Å². The van der Waals surface area contributed by atoms with E-state index < -0.39 is 35.5 Å². The van der Waals surface area contributed by atoms with Crippen LogP contribution in [-0.2, 0) is 0 Å². The molecule has 3 saturated heterocycles. The molecule has 2 unspecified atom stereocenters. The minimum absolute atomic E-state index is 0.0105. The van der Waals surface area contributed by atoms with Gasteiger partial charge in [0, 0.05) is 30.5 Å². The fourth-order valence-corrected chi connectivity index (χ4v) is 10.0. The number of thiophene rings is 1. The number of aromatic nitrogens is 2. The van der Waals surface area contributed by atoms with E-state index in [9.17, 15) is 13.9 Å². The molecule has 2 aromatic heterocycles. The van der Waals surface area contributed by atoms with Crippen molar-refractivity contribution in [3.8, 4) is 22.9 Å². The number of rotatable bonds is 7. The fraction of sp³-hybridized carbons (Fsp3) is 0.529. The van der Waals surface area contributed by atoms with E-state index in [1.807, 2.05) is 4.90 Å². The average Bonchev–Trinajstić information content (AvgIpc) is 3.70. The Balaban J connectivity index is 1.32. The summed E-state index contributed by atoms with van der Waals surface area (Å²) in [5, 5.41) is 15.8. The molecule has 8 rings (SSSR count). The van der Waals surface area contributed by atoms with Gasteiger partial charge in [0.15, 0.2) is 5.82 Å². The first-order chi connectivity index (χ1) is 23.1. The molecule has 3 fully saturated rings. The lowest BCUT2D eigenvalue weighted by molar-refractivity contribution is 0.107. The summed E-state index contributed by atoms with van der Waals surface area (Å²) in [5.74, 6) is 0.108. The fourth-order valence-electron chi connectivity index (χ4n) is 8.23. The van der Waals surface area contributed by atoms with Gasteiger partial charge >= 0.3 is 6.01 Å². The highest BCUT2D eigenvalue weighted by atomic mass is 127. The Labute approximate surface area is 294 Å². The van der Waals surface area contributed by atoms with Crippen molar-refractivity contribution in [3.05, 3.63) is 33.4 Å². The standard InChI is InChI=1S/C34H38F3IN6O3S/c1-17(45)23-15-46-30-26-29(27(37)25(28(30)38)20-3-4-22(36)31-21(20)11-24(39)48-31)41-33(42-32(26)44(23)13-18-5-8-40-9-6-18)47-16-34-7-2-10-43(34)14-19(35)12-34/h3-4,11,17-19,23,40,45H,2,5-10,12-16,39H2,1H3/t17?,19-,23?,34+/m1/s1. The van der Waals surface area contributed by atoms with E-state index >= 15 is 4.39 Å². The number of fused-ring (bicyclic) bond motifs is 2. The van der Waals surface area contributed by atoms with Gasteiger partial charge < -0.3 is 30.5 Å². The molecule has 48 heavy (non-hydrogen) atoms. The second-order valence-electron chi connectivity index (χ2n) is 13.7. The summed E-state index contributed by atoms with van der Waals surface area (Å²) in [4.78, 5) is 13.8. The second-order valence-corrected chi connectivity index (χ2v) is 15.9. The quantitative estimate of drug-likeness (QED) is 0.198. The van der Waals surface area contributed by atoms with E-state index in [1.54, 1.807) is 19.1 Å². The van der Waals surface area contributed by atoms with Gasteiger partial charge in [-0.3, -0.25) is 4.90 Å². The monoisotopic (exact) mass is 794 g/mol. The Kier molecular flexibility index (Phi) is 8.53. The molecule has 9 nitrogen and oxygen atoms in total. The number of alkyl halides is 1. The summed E-state index contributed by atoms with van der Waals surface area (Å²) in [5.41, 5.74) is 6.34. The van der Waals surface area contributed by atoms with Crippen LogP contribution < -0.4 is 25.4 Å². The van der Waals surface area contributed by atoms with E-state index in [2.05, 4.69) is 32.8 Å². The first-order valence-corrected chi connectivity index (χ1v) is 18.5. The van der Waals surface area contributed by atoms with Gasteiger partial charge in [-0.1, -0.05) is 6.07 Å². The predicted octanol–water partition coefficient (Wildman–Crippen LogP) is 5.88. The topological polar surface area (TPSA) is 109 Å². The number of nitrogen functional groups attached to an aromatic ring is 1. The van der Waals surface area contributed by atoms with Crippen LogP contribution in [0.2, 0.25) is 0 Å². The molecule has 6 heterocycles. The molecule has 0 spiro atoms. The third kappa shape index (κ3) is 5.46. The van der Waals surface area contributed by atoms with Crippen LogP contribution >= 0.6 is 33.9 Å². The molecule has 0 amide bonds.